The molecule has 0 atom stereocenters. The van der Waals surface area contributed by atoms with Gasteiger partial charge in [-0.1, -0.05) is 0 Å². The first-order chi connectivity index (χ1) is 14.6. The second kappa shape index (κ2) is 9.45. The molecule has 0 saturated carbocycles. The topological polar surface area (TPSA) is 122 Å². The predicted octanol–water partition coefficient (Wildman–Crippen LogP) is 2.80. The van der Waals surface area contributed by atoms with Crippen molar-refractivity contribution in [3.8, 4) is 29.0 Å². The summed E-state index contributed by atoms with van der Waals surface area (Å²) in [6.07, 6.45) is 1.38. The second-order valence-electron chi connectivity index (χ2n) is 5.74. The Labute approximate surface area is 173 Å². The fourth-order valence-corrected chi connectivity index (χ4v) is 2.59. The van der Waals surface area contributed by atoms with Crippen LogP contribution >= 0.6 is 0 Å². The van der Waals surface area contributed by atoms with Crippen molar-refractivity contribution in [2.45, 2.75) is 0 Å². The van der Waals surface area contributed by atoms with Crippen molar-refractivity contribution in [3.63, 3.8) is 0 Å². The van der Waals surface area contributed by atoms with Gasteiger partial charge in [-0.15, -0.1) is 0 Å². The molecular formula is C19H22N6O5. The van der Waals surface area contributed by atoms with Gasteiger partial charge in [-0.3, -0.25) is 0 Å². The maximum absolute atomic E-state index is 5.36. The summed E-state index contributed by atoms with van der Waals surface area (Å²) in [6.45, 7) is 0. The van der Waals surface area contributed by atoms with Crippen LogP contribution in [0.1, 0.15) is 0 Å². The van der Waals surface area contributed by atoms with E-state index in [1.165, 1.54) is 20.5 Å². The van der Waals surface area contributed by atoms with Crippen molar-refractivity contribution in [2.24, 2.45) is 0 Å². The van der Waals surface area contributed by atoms with E-state index in [0.717, 1.165) is 0 Å². The average molecular weight is 414 g/mol. The fraction of sp³-hybridized carbons (Fsp3) is 0.263. The standard InChI is InChI=1S/C19H22N6O5/c1-26-13-6-11(7-14(27-2)17(13)30-5)22-18-20-10-21-19(25-18)23-12-8-15(28-3)24-16(9-12)29-4/h6-10H,1-5H3,(H2,20,21,22,23,24,25). The number of anilines is 4. The van der Waals surface area contributed by atoms with Crippen LogP contribution in [0.3, 0.4) is 0 Å². The highest BCUT2D eigenvalue weighted by Gasteiger charge is 2.14. The average Bonchev–Trinajstić information content (AvgIpc) is 2.78. The van der Waals surface area contributed by atoms with Gasteiger partial charge in [0.2, 0.25) is 29.4 Å². The van der Waals surface area contributed by atoms with E-state index in [-0.39, 0.29) is 0 Å². The van der Waals surface area contributed by atoms with E-state index in [1.807, 2.05) is 0 Å². The Balaban J connectivity index is 1.85. The Hall–Kier alpha value is -4.02. The number of rotatable bonds is 9. The molecule has 0 aliphatic heterocycles. The predicted molar refractivity (Wildman–Crippen MR) is 110 cm³/mol. The maximum atomic E-state index is 5.36. The fourth-order valence-electron chi connectivity index (χ4n) is 2.59. The number of hydrogen-bond acceptors (Lipinski definition) is 11. The lowest BCUT2D eigenvalue weighted by atomic mass is 10.2. The van der Waals surface area contributed by atoms with Crippen molar-refractivity contribution < 1.29 is 23.7 Å². The summed E-state index contributed by atoms with van der Waals surface area (Å²) in [4.78, 5) is 16.8. The van der Waals surface area contributed by atoms with Crippen LogP contribution in [-0.4, -0.2) is 55.5 Å². The lowest BCUT2D eigenvalue weighted by molar-refractivity contribution is 0.324. The summed E-state index contributed by atoms with van der Waals surface area (Å²) in [7, 11) is 7.68. The van der Waals surface area contributed by atoms with Gasteiger partial charge in [0, 0.05) is 30.0 Å². The largest absolute Gasteiger partial charge is 0.493 e. The second-order valence-corrected chi connectivity index (χ2v) is 5.74. The number of methoxy groups -OCH3 is 5. The quantitative estimate of drug-likeness (QED) is 0.537. The number of benzene rings is 1. The third kappa shape index (κ3) is 4.69. The third-order valence-electron chi connectivity index (χ3n) is 3.95. The van der Waals surface area contributed by atoms with Crippen LogP contribution in [0.25, 0.3) is 0 Å². The minimum Gasteiger partial charge on any atom is -0.493 e. The maximum Gasteiger partial charge on any atom is 0.232 e. The molecule has 11 heteroatoms. The molecule has 2 aromatic heterocycles. The number of ether oxygens (including phenoxy) is 5. The molecule has 0 unspecified atom stereocenters. The molecule has 0 saturated heterocycles. The summed E-state index contributed by atoms with van der Waals surface area (Å²) < 4.78 is 26.4. The zero-order valence-electron chi connectivity index (χ0n) is 17.2. The molecule has 0 amide bonds. The molecule has 11 nitrogen and oxygen atoms in total. The summed E-state index contributed by atoms with van der Waals surface area (Å²) in [5.74, 6) is 2.91. The Morgan fingerprint density at radius 3 is 1.53 bits per heavy atom. The van der Waals surface area contributed by atoms with Crippen LogP contribution in [0.4, 0.5) is 23.3 Å². The van der Waals surface area contributed by atoms with Crippen LogP contribution in [-0.2, 0) is 0 Å². The monoisotopic (exact) mass is 414 g/mol. The van der Waals surface area contributed by atoms with E-state index in [0.29, 0.717) is 52.3 Å². The number of nitrogens with zero attached hydrogens (tertiary/aromatic N) is 4. The lowest BCUT2D eigenvalue weighted by Gasteiger charge is -2.14. The van der Waals surface area contributed by atoms with Gasteiger partial charge in [0.1, 0.15) is 6.33 Å². The van der Waals surface area contributed by atoms with Gasteiger partial charge in [-0.05, 0) is 0 Å². The number of aromatic nitrogens is 4. The Bertz CT molecular complexity index is 969. The van der Waals surface area contributed by atoms with Crippen LogP contribution < -0.4 is 34.3 Å². The molecule has 0 aliphatic rings. The first kappa shape index (κ1) is 20.7. The molecule has 2 heterocycles. The summed E-state index contributed by atoms with van der Waals surface area (Å²) in [5, 5.41) is 6.17. The number of pyridine rings is 1. The highest BCUT2D eigenvalue weighted by molar-refractivity contribution is 5.66. The van der Waals surface area contributed by atoms with Gasteiger partial charge in [-0.25, -0.2) is 9.97 Å². The molecule has 0 bridgehead atoms. The highest BCUT2D eigenvalue weighted by Crippen LogP contribution is 2.40. The smallest absolute Gasteiger partial charge is 0.232 e. The molecule has 158 valence electrons. The minimum absolute atomic E-state index is 0.315. The summed E-state index contributed by atoms with van der Waals surface area (Å²) >= 11 is 0. The molecule has 0 fully saturated rings. The molecule has 2 N–H and O–H groups in total. The zero-order valence-corrected chi connectivity index (χ0v) is 17.2. The van der Waals surface area contributed by atoms with Crippen molar-refractivity contribution in [1.82, 2.24) is 19.9 Å². The first-order valence-corrected chi connectivity index (χ1v) is 8.73. The van der Waals surface area contributed by atoms with E-state index >= 15 is 0 Å². The molecule has 30 heavy (non-hydrogen) atoms. The molecule has 1 aromatic carbocycles. The van der Waals surface area contributed by atoms with Crippen molar-refractivity contribution >= 4 is 23.3 Å². The molecule has 3 rings (SSSR count). The van der Waals surface area contributed by atoms with Crippen molar-refractivity contribution in [1.29, 1.82) is 0 Å². The Morgan fingerprint density at radius 2 is 1.10 bits per heavy atom. The van der Waals surface area contributed by atoms with E-state index in [9.17, 15) is 0 Å². The lowest BCUT2D eigenvalue weighted by Crippen LogP contribution is -2.04. The highest BCUT2D eigenvalue weighted by atomic mass is 16.5. The van der Waals surface area contributed by atoms with Gasteiger partial charge >= 0.3 is 0 Å². The van der Waals surface area contributed by atoms with E-state index in [2.05, 4.69) is 30.6 Å². The zero-order chi connectivity index (χ0) is 21.5. The van der Waals surface area contributed by atoms with Crippen LogP contribution in [0.5, 0.6) is 29.0 Å². The van der Waals surface area contributed by atoms with Gasteiger partial charge in [0.25, 0.3) is 0 Å². The van der Waals surface area contributed by atoms with Gasteiger partial charge in [-0.2, -0.15) is 9.97 Å². The molecule has 0 radical (unpaired) electrons. The van der Waals surface area contributed by atoms with Crippen LogP contribution in [0.15, 0.2) is 30.6 Å². The number of nitrogens with one attached hydrogen (secondary N) is 2. The first-order valence-electron chi connectivity index (χ1n) is 8.73. The summed E-state index contributed by atoms with van der Waals surface area (Å²) in [6, 6.07) is 6.88. The molecule has 3 aromatic rings. The van der Waals surface area contributed by atoms with E-state index < -0.39 is 0 Å². The van der Waals surface area contributed by atoms with Gasteiger partial charge < -0.3 is 34.3 Å². The molecule has 0 aliphatic carbocycles. The minimum atomic E-state index is 0.315. The van der Waals surface area contributed by atoms with Crippen molar-refractivity contribution in [2.75, 3.05) is 46.2 Å². The number of hydrogen-bond donors (Lipinski definition) is 2. The Morgan fingerprint density at radius 1 is 0.600 bits per heavy atom. The van der Waals surface area contributed by atoms with Gasteiger partial charge in [0.05, 0.1) is 41.2 Å². The molecule has 0 spiro atoms. The third-order valence-corrected chi connectivity index (χ3v) is 3.95. The van der Waals surface area contributed by atoms with Crippen LogP contribution in [0.2, 0.25) is 0 Å². The van der Waals surface area contributed by atoms with E-state index in [4.69, 9.17) is 23.7 Å². The molecular weight excluding hydrogens is 392 g/mol. The van der Waals surface area contributed by atoms with E-state index in [1.54, 1.807) is 45.6 Å². The van der Waals surface area contributed by atoms with Crippen LogP contribution in [0, 0.1) is 0 Å². The van der Waals surface area contributed by atoms with Gasteiger partial charge in [0.15, 0.2) is 11.5 Å². The summed E-state index contributed by atoms with van der Waals surface area (Å²) in [5.41, 5.74) is 1.29. The SMILES string of the molecule is COc1cc(Nc2ncnc(Nc3cc(OC)c(OC)c(OC)c3)n2)cc(OC)n1. The van der Waals surface area contributed by atoms with Crippen molar-refractivity contribution in [3.05, 3.63) is 30.6 Å². The Kier molecular flexibility index (Phi) is 6.53. The normalized spacial score (nSPS) is 10.2.